The minimum Gasteiger partial charge on any atom is -0.342 e. The van der Waals surface area contributed by atoms with Gasteiger partial charge in [-0.05, 0) is 48.7 Å². The molecule has 7 heteroatoms. The summed E-state index contributed by atoms with van der Waals surface area (Å²) in [5.74, 6) is 0.221. The van der Waals surface area contributed by atoms with E-state index in [1.807, 2.05) is 0 Å². The molecule has 3 heterocycles. The molecule has 0 aliphatic carbocycles. The van der Waals surface area contributed by atoms with Crippen molar-refractivity contribution < 1.29 is 4.79 Å². The number of nitrogens with zero attached hydrogens (tertiary/aromatic N) is 6. The molecular formula is C20H28N6O. The van der Waals surface area contributed by atoms with Crippen LogP contribution in [0.4, 0.5) is 0 Å². The average Bonchev–Trinajstić information content (AvgIpc) is 3.30. The molecular weight excluding hydrogens is 340 g/mol. The topological polar surface area (TPSA) is 67.2 Å². The first-order valence-corrected chi connectivity index (χ1v) is 9.88. The number of carbonyl (C=O) groups excluding carboxylic acids is 1. The number of piperidine rings is 1. The molecule has 1 aromatic carbocycles. The summed E-state index contributed by atoms with van der Waals surface area (Å²) >= 11 is 0. The number of hydrogen-bond acceptors (Lipinski definition) is 5. The van der Waals surface area contributed by atoms with E-state index in [4.69, 9.17) is 0 Å². The number of tetrazole rings is 1. The smallest absolute Gasteiger partial charge is 0.224 e. The van der Waals surface area contributed by atoms with E-state index in [1.54, 1.807) is 11.0 Å². The van der Waals surface area contributed by atoms with Gasteiger partial charge in [0.05, 0.1) is 6.54 Å². The Morgan fingerprint density at radius 3 is 2.96 bits per heavy atom. The molecule has 27 heavy (non-hydrogen) atoms. The SMILES string of the molecule is Cc1cccc(CN2CCCC3(CCN(C(=O)CCn4cnnn4)C3)C2)c1. The minimum atomic E-state index is 0.221. The number of carbonyl (C=O) groups is 1. The number of aromatic nitrogens is 4. The molecule has 1 unspecified atom stereocenters. The molecule has 4 rings (SSSR count). The second kappa shape index (κ2) is 7.76. The van der Waals surface area contributed by atoms with Gasteiger partial charge in [-0.2, -0.15) is 0 Å². The van der Waals surface area contributed by atoms with Crippen LogP contribution < -0.4 is 0 Å². The van der Waals surface area contributed by atoms with Gasteiger partial charge in [0.25, 0.3) is 0 Å². The maximum absolute atomic E-state index is 12.6. The highest BCUT2D eigenvalue weighted by atomic mass is 16.2. The number of amides is 1. The van der Waals surface area contributed by atoms with Crippen molar-refractivity contribution >= 4 is 5.91 Å². The Balaban J connectivity index is 1.32. The lowest BCUT2D eigenvalue weighted by Gasteiger charge is -2.40. The van der Waals surface area contributed by atoms with Crippen LogP contribution in [0.2, 0.25) is 0 Å². The fourth-order valence-electron chi connectivity index (χ4n) is 4.65. The molecule has 2 aromatic rings. The van der Waals surface area contributed by atoms with Gasteiger partial charge >= 0.3 is 0 Å². The van der Waals surface area contributed by atoms with Crippen molar-refractivity contribution in [3.63, 3.8) is 0 Å². The highest BCUT2D eigenvalue weighted by molar-refractivity contribution is 5.76. The molecule has 0 radical (unpaired) electrons. The van der Waals surface area contributed by atoms with Gasteiger partial charge in [0, 0.05) is 38.0 Å². The highest BCUT2D eigenvalue weighted by Gasteiger charge is 2.42. The van der Waals surface area contributed by atoms with Crippen LogP contribution in [0.25, 0.3) is 0 Å². The first-order valence-electron chi connectivity index (χ1n) is 9.88. The van der Waals surface area contributed by atoms with Crippen LogP contribution in [0.3, 0.4) is 0 Å². The molecule has 7 nitrogen and oxygen atoms in total. The van der Waals surface area contributed by atoms with Crippen LogP contribution in [-0.4, -0.2) is 62.1 Å². The van der Waals surface area contributed by atoms with Gasteiger partial charge in [-0.15, -0.1) is 5.10 Å². The third-order valence-electron chi connectivity index (χ3n) is 5.97. The summed E-state index contributed by atoms with van der Waals surface area (Å²) in [5.41, 5.74) is 2.98. The van der Waals surface area contributed by atoms with Gasteiger partial charge in [-0.1, -0.05) is 29.8 Å². The Morgan fingerprint density at radius 1 is 1.22 bits per heavy atom. The summed E-state index contributed by atoms with van der Waals surface area (Å²) in [7, 11) is 0. The van der Waals surface area contributed by atoms with Crippen molar-refractivity contribution in [3.8, 4) is 0 Å². The molecule has 2 saturated heterocycles. The van der Waals surface area contributed by atoms with Gasteiger partial charge in [-0.25, -0.2) is 4.68 Å². The first-order chi connectivity index (χ1) is 13.1. The molecule has 0 saturated carbocycles. The number of benzene rings is 1. The van der Waals surface area contributed by atoms with E-state index in [1.165, 1.54) is 24.0 Å². The Labute approximate surface area is 160 Å². The molecule has 2 aliphatic heterocycles. The van der Waals surface area contributed by atoms with E-state index < -0.39 is 0 Å². The number of aryl methyl sites for hydroxylation is 2. The van der Waals surface area contributed by atoms with Crippen molar-refractivity contribution in [2.24, 2.45) is 5.41 Å². The molecule has 0 N–H and O–H groups in total. The van der Waals surface area contributed by atoms with E-state index in [0.717, 1.165) is 39.1 Å². The minimum absolute atomic E-state index is 0.221. The second-order valence-corrected chi connectivity index (χ2v) is 8.19. The third-order valence-corrected chi connectivity index (χ3v) is 5.97. The molecule has 2 aliphatic rings. The predicted molar refractivity (Wildman–Crippen MR) is 102 cm³/mol. The van der Waals surface area contributed by atoms with Crippen molar-refractivity contribution in [3.05, 3.63) is 41.7 Å². The lowest BCUT2D eigenvalue weighted by Crippen LogP contribution is -2.45. The Kier molecular flexibility index (Phi) is 5.20. The molecule has 1 aromatic heterocycles. The van der Waals surface area contributed by atoms with Gasteiger partial charge < -0.3 is 4.90 Å². The van der Waals surface area contributed by atoms with E-state index in [2.05, 4.69) is 56.5 Å². The van der Waals surface area contributed by atoms with E-state index in [-0.39, 0.29) is 11.3 Å². The van der Waals surface area contributed by atoms with Gasteiger partial charge in [0.2, 0.25) is 5.91 Å². The normalized spacial score (nSPS) is 23.2. The van der Waals surface area contributed by atoms with Crippen LogP contribution in [0.5, 0.6) is 0 Å². The van der Waals surface area contributed by atoms with Gasteiger partial charge in [0.15, 0.2) is 0 Å². The number of rotatable bonds is 5. The Morgan fingerprint density at radius 2 is 2.15 bits per heavy atom. The molecule has 1 atom stereocenters. The summed E-state index contributed by atoms with van der Waals surface area (Å²) in [5, 5.41) is 11.1. The summed E-state index contributed by atoms with van der Waals surface area (Å²) in [4.78, 5) is 17.2. The van der Waals surface area contributed by atoms with E-state index in [9.17, 15) is 4.79 Å². The van der Waals surface area contributed by atoms with Crippen LogP contribution in [-0.2, 0) is 17.9 Å². The quantitative estimate of drug-likeness (QED) is 0.806. The number of likely N-dealkylation sites (tertiary alicyclic amines) is 2. The van der Waals surface area contributed by atoms with Crippen LogP contribution in [0.15, 0.2) is 30.6 Å². The standard InChI is InChI=1S/C20H28N6O/c1-17-4-2-5-18(12-17)13-24-9-3-7-20(14-24)8-11-25(15-20)19(27)6-10-26-16-21-22-23-26/h2,4-5,12,16H,3,6-11,13-15H2,1H3. The van der Waals surface area contributed by atoms with E-state index in [0.29, 0.717) is 13.0 Å². The fourth-order valence-corrected chi connectivity index (χ4v) is 4.65. The summed E-state index contributed by atoms with van der Waals surface area (Å²) < 4.78 is 1.62. The highest BCUT2D eigenvalue weighted by Crippen LogP contribution is 2.39. The first kappa shape index (κ1) is 18.1. The van der Waals surface area contributed by atoms with Crippen LogP contribution in [0, 0.1) is 12.3 Å². The third kappa shape index (κ3) is 4.35. The van der Waals surface area contributed by atoms with Crippen molar-refractivity contribution in [2.45, 2.75) is 45.7 Å². The zero-order chi connectivity index (χ0) is 18.7. The maximum Gasteiger partial charge on any atom is 0.224 e. The fraction of sp³-hybridized carbons (Fsp3) is 0.600. The number of hydrogen-bond donors (Lipinski definition) is 0. The molecule has 1 spiro atoms. The monoisotopic (exact) mass is 368 g/mol. The van der Waals surface area contributed by atoms with Crippen molar-refractivity contribution in [1.82, 2.24) is 30.0 Å². The summed E-state index contributed by atoms with van der Waals surface area (Å²) in [6.07, 6.45) is 5.59. The largest absolute Gasteiger partial charge is 0.342 e. The molecule has 144 valence electrons. The molecule has 2 fully saturated rings. The van der Waals surface area contributed by atoms with Gasteiger partial charge in [-0.3, -0.25) is 9.69 Å². The summed E-state index contributed by atoms with van der Waals surface area (Å²) in [6.45, 7) is 7.74. The maximum atomic E-state index is 12.6. The predicted octanol–water partition coefficient (Wildman–Crippen LogP) is 1.89. The molecule has 0 bridgehead atoms. The lowest BCUT2D eigenvalue weighted by atomic mass is 9.79. The summed E-state index contributed by atoms with van der Waals surface area (Å²) in [6, 6.07) is 8.80. The lowest BCUT2D eigenvalue weighted by molar-refractivity contribution is -0.131. The second-order valence-electron chi connectivity index (χ2n) is 8.19. The zero-order valence-corrected chi connectivity index (χ0v) is 16.0. The Hall–Kier alpha value is -2.28. The zero-order valence-electron chi connectivity index (χ0n) is 16.0. The van der Waals surface area contributed by atoms with Crippen LogP contribution >= 0.6 is 0 Å². The Bertz CT molecular complexity index is 777. The average molecular weight is 368 g/mol. The van der Waals surface area contributed by atoms with Crippen LogP contribution in [0.1, 0.15) is 36.8 Å². The van der Waals surface area contributed by atoms with Gasteiger partial charge in [0.1, 0.15) is 6.33 Å². The van der Waals surface area contributed by atoms with Crippen molar-refractivity contribution in [1.29, 1.82) is 0 Å². The van der Waals surface area contributed by atoms with E-state index >= 15 is 0 Å². The molecule has 1 amide bonds. The van der Waals surface area contributed by atoms with Crippen molar-refractivity contribution in [2.75, 3.05) is 26.2 Å².